The third kappa shape index (κ3) is 2.54. The monoisotopic (exact) mass is 292 g/mol. The first-order valence-electron chi connectivity index (χ1n) is 6.64. The van der Waals surface area contributed by atoms with Crippen LogP contribution < -0.4 is 0 Å². The smallest absolute Gasteiger partial charge is 0.336 e. The van der Waals surface area contributed by atoms with Crippen molar-refractivity contribution in [1.82, 2.24) is 0 Å². The Hall–Kier alpha value is -2.21. The summed E-state index contributed by atoms with van der Waals surface area (Å²) in [5.74, 6) is -2.34. The third-order valence-electron chi connectivity index (χ3n) is 4.20. The quantitative estimate of drug-likeness (QED) is 0.708. The van der Waals surface area contributed by atoms with E-state index in [0.29, 0.717) is 31.1 Å². The molecule has 1 aromatic rings. The van der Waals surface area contributed by atoms with Crippen LogP contribution >= 0.6 is 0 Å². The van der Waals surface area contributed by atoms with Gasteiger partial charge in [-0.2, -0.15) is 0 Å². The predicted octanol–water partition coefficient (Wildman–Crippen LogP) is 1.45. The molecule has 1 aromatic carbocycles. The molecule has 2 rings (SSSR count). The number of carboxylic acids is 2. The van der Waals surface area contributed by atoms with E-state index < -0.39 is 23.5 Å². The number of aliphatic hydroxyl groups is 1. The highest BCUT2D eigenvalue weighted by atomic mass is 16.4. The Morgan fingerprint density at radius 1 is 1.33 bits per heavy atom. The predicted molar refractivity (Wildman–Crippen MR) is 72.6 cm³/mol. The summed E-state index contributed by atoms with van der Waals surface area (Å²) >= 11 is 0. The van der Waals surface area contributed by atoms with Crippen LogP contribution in [0.3, 0.4) is 0 Å². The van der Waals surface area contributed by atoms with Crippen LogP contribution in [0.15, 0.2) is 18.2 Å². The molecular weight excluding hydrogens is 276 g/mol. The topological polar surface area (TPSA) is 112 Å². The molecule has 1 aliphatic rings. The fraction of sp³-hybridized carbons (Fsp3) is 0.400. The van der Waals surface area contributed by atoms with Gasteiger partial charge >= 0.3 is 11.9 Å². The summed E-state index contributed by atoms with van der Waals surface area (Å²) in [6.45, 7) is 0. The van der Waals surface area contributed by atoms with Crippen molar-refractivity contribution in [3.8, 4) is 0 Å². The highest BCUT2D eigenvalue weighted by molar-refractivity contribution is 5.98. The summed E-state index contributed by atoms with van der Waals surface area (Å²) < 4.78 is 0. The normalized spacial score (nSPS) is 24.7. The van der Waals surface area contributed by atoms with Gasteiger partial charge in [0.15, 0.2) is 6.29 Å². The van der Waals surface area contributed by atoms with E-state index in [1.54, 1.807) is 0 Å². The Labute approximate surface area is 121 Å². The molecule has 0 aromatic heterocycles. The number of benzene rings is 1. The van der Waals surface area contributed by atoms with Crippen molar-refractivity contribution in [3.63, 3.8) is 0 Å². The number of hydrogen-bond acceptors (Lipinski definition) is 4. The third-order valence-corrected chi connectivity index (χ3v) is 4.20. The van der Waals surface area contributed by atoms with Crippen molar-refractivity contribution in [2.24, 2.45) is 0 Å². The number of aldehydes is 1. The standard InChI is InChI=1S/C15H16O6/c16-8-10-9(14(20)21)3-1-4-11(10)15(7-13(18)19)6-2-5-12(15)17/h1,3-4,8,12,17H,2,5-7H2,(H,18,19)(H,20,21)/t12-,15-/m0/s1. The molecule has 0 saturated heterocycles. The van der Waals surface area contributed by atoms with Crippen LogP contribution in [0.5, 0.6) is 0 Å². The molecule has 1 fully saturated rings. The van der Waals surface area contributed by atoms with Crippen molar-refractivity contribution in [3.05, 3.63) is 34.9 Å². The number of carbonyl (C=O) groups is 3. The van der Waals surface area contributed by atoms with Gasteiger partial charge in [-0.15, -0.1) is 0 Å². The summed E-state index contributed by atoms with van der Waals surface area (Å²) in [6.07, 6.45) is 0.652. The van der Waals surface area contributed by atoms with Crippen molar-refractivity contribution in [1.29, 1.82) is 0 Å². The molecule has 1 saturated carbocycles. The van der Waals surface area contributed by atoms with Crippen molar-refractivity contribution < 1.29 is 29.7 Å². The first-order valence-corrected chi connectivity index (χ1v) is 6.64. The molecule has 6 nitrogen and oxygen atoms in total. The second-order valence-corrected chi connectivity index (χ2v) is 5.32. The summed E-state index contributed by atoms with van der Waals surface area (Å²) in [5, 5.41) is 28.6. The van der Waals surface area contributed by atoms with E-state index in [1.807, 2.05) is 0 Å². The lowest BCUT2D eigenvalue weighted by Gasteiger charge is -2.33. The van der Waals surface area contributed by atoms with Crippen LogP contribution in [0.1, 0.15) is 52.0 Å². The molecule has 0 spiro atoms. The number of hydrogen-bond donors (Lipinski definition) is 3. The summed E-state index contributed by atoms with van der Waals surface area (Å²) in [6, 6.07) is 4.31. The lowest BCUT2D eigenvalue weighted by atomic mass is 9.72. The first kappa shape index (κ1) is 15.2. The lowest BCUT2D eigenvalue weighted by Crippen LogP contribution is -2.38. The van der Waals surface area contributed by atoms with Crippen LogP contribution in [0.2, 0.25) is 0 Å². The van der Waals surface area contributed by atoms with E-state index in [2.05, 4.69) is 0 Å². The molecule has 0 unspecified atom stereocenters. The molecule has 0 aliphatic heterocycles. The zero-order valence-electron chi connectivity index (χ0n) is 11.3. The summed E-state index contributed by atoms with van der Waals surface area (Å²) in [4.78, 5) is 33.8. The maximum Gasteiger partial charge on any atom is 0.336 e. The highest BCUT2D eigenvalue weighted by Crippen LogP contribution is 2.45. The molecule has 0 radical (unpaired) electrons. The molecule has 6 heteroatoms. The van der Waals surface area contributed by atoms with Crippen LogP contribution in [-0.4, -0.2) is 39.6 Å². The van der Waals surface area contributed by atoms with Crippen LogP contribution in [0.4, 0.5) is 0 Å². The Morgan fingerprint density at radius 2 is 2.05 bits per heavy atom. The lowest BCUT2D eigenvalue weighted by molar-refractivity contribution is -0.139. The van der Waals surface area contributed by atoms with E-state index in [-0.39, 0.29) is 17.5 Å². The summed E-state index contributed by atoms with van der Waals surface area (Å²) in [5.41, 5.74) is -1.02. The zero-order valence-corrected chi connectivity index (χ0v) is 11.3. The number of aromatic carboxylic acids is 1. The second-order valence-electron chi connectivity index (χ2n) is 5.32. The van der Waals surface area contributed by atoms with E-state index >= 15 is 0 Å². The van der Waals surface area contributed by atoms with Gasteiger partial charge in [-0.05, 0) is 30.9 Å². The minimum atomic E-state index is -1.25. The summed E-state index contributed by atoms with van der Waals surface area (Å²) in [7, 11) is 0. The molecule has 2 atom stereocenters. The van der Waals surface area contributed by atoms with Gasteiger partial charge in [0.25, 0.3) is 0 Å². The van der Waals surface area contributed by atoms with Crippen LogP contribution in [0, 0.1) is 0 Å². The van der Waals surface area contributed by atoms with Gasteiger partial charge < -0.3 is 15.3 Å². The average molecular weight is 292 g/mol. The number of aliphatic carboxylic acids is 1. The Morgan fingerprint density at radius 3 is 2.52 bits per heavy atom. The molecule has 0 amide bonds. The number of aliphatic hydroxyl groups excluding tert-OH is 1. The minimum Gasteiger partial charge on any atom is -0.481 e. The van der Waals surface area contributed by atoms with E-state index in [4.69, 9.17) is 10.2 Å². The maximum atomic E-state index is 11.4. The van der Waals surface area contributed by atoms with Gasteiger partial charge in [0.1, 0.15) is 0 Å². The molecule has 3 N–H and O–H groups in total. The van der Waals surface area contributed by atoms with E-state index in [0.717, 1.165) is 0 Å². The molecule has 0 heterocycles. The minimum absolute atomic E-state index is 0.0489. The highest BCUT2D eigenvalue weighted by Gasteiger charge is 2.46. The average Bonchev–Trinajstić information content (AvgIpc) is 2.79. The largest absolute Gasteiger partial charge is 0.481 e. The van der Waals surface area contributed by atoms with Gasteiger partial charge in [0.05, 0.1) is 18.1 Å². The molecule has 112 valence electrons. The number of carboxylic acid groups (broad SMARTS) is 2. The zero-order chi connectivity index (χ0) is 15.6. The number of carbonyl (C=O) groups excluding carboxylic acids is 1. The SMILES string of the molecule is O=Cc1c(C(=O)O)cccc1[C@@]1(CC(=O)O)CCC[C@@H]1O. The van der Waals surface area contributed by atoms with Crippen molar-refractivity contribution in [2.45, 2.75) is 37.2 Å². The molecular formula is C15H16O6. The van der Waals surface area contributed by atoms with Gasteiger partial charge in [0.2, 0.25) is 0 Å². The van der Waals surface area contributed by atoms with Crippen LogP contribution in [-0.2, 0) is 10.2 Å². The van der Waals surface area contributed by atoms with E-state index in [9.17, 15) is 19.5 Å². The molecule has 1 aliphatic carbocycles. The molecule has 0 bridgehead atoms. The van der Waals surface area contributed by atoms with Crippen LogP contribution in [0.25, 0.3) is 0 Å². The van der Waals surface area contributed by atoms with Crippen molar-refractivity contribution >= 4 is 18.2 Å². The Balaban J connectivity index is 2.66. The van der Waals surface area contributed by atoms with Crippen molar-refractivity contribution in [2.75, 3.05) is 0 Å². The molecule has 21 heavy (non-hydrogen) atoms. The Kier molecular flexibility index (Phi) is 4.09. The van der Waals surface area contributed by atoms with Gasteiger partial charge in [-0.1, -0.05) is 12.1 Å². The second kappa shape index (κ2) is 5.65. The van der Waals surface area contributed by atoms with Gasteiger partial charge in [-0.25, -0.2) is 4.79 Å². The maximum absolute atomic E-state index is 11.4. The van der Waals surface area contributed by atoms with Gasteiger partial charge in [-0.3, -0.25) is 9.59 Å². The van der Waals surface area contributed by atoms with E-state index in [1.165, 1.54) is 18.2 Å². The first-order chi connectivity index (χ1) is 9.92. The van der Waals surface area contributed by atoms with Gasteiger partial charge in [0, 0.05) is 11.0 Å². The fourth-order valence-corrected chi connectivity index (χ4v) is 3.25. The Bertz CT molecular complexity index is 594. The number of rotatable bonds is 5. The fourth-order valence-electron chi connectivity index (χ4n) is 3.25.